The fraction of sp³-hybridized carbons (Fsp3) is 0.125. The topological polar surface area (TPSA) is 132 Å². The summed E-state index contributed by atoms with van der Waals surface area (Å²) in [7, 11) is 4.96. The summed E-state index contributed by atoms with van der Waals surface area (Å²) in [5, 5.41) is 14.5. The Hall–Kier alpha value is -4.73. The summed E-state index contributed by atoms with van der Waals surface area (Å²) >= 11 is 0. The van der Waals surface area contributed by atoms with Crippen molar-refractivity contribution in [1.82, 2.24) is 35.4 Å². The molecule has 1 aromatic carbocycles. The average molecular weight is 454 g/mol. The van der Waals surface area contributed by atoms with Crippen LogP contribution in [-0.2, 0) is 0 Å². The summed E-state index contributed by atoms with van der Waals surface area (Å²) in [6.45, 7) is 0. The largest absolute Gasteiger partial charge is 0.355 e. The number of fused-ring (bicyclic) bond motifs is 2. The van der Waals surface area contributed by atoms with Crippen LogP contribution in [0.25, 0.3) is 44.5 Å². The van der Waals surface area contributed by atoms with Crippen molar-refractivity contribution in [3.8, 4) is 22.5 Å². The van der Waals surface area contributed by atoms with E-state index in [1.165, 1.54) is 4.90 Å². The van der Waals surface area contributed by atoms with Crippen molar-refractivity contribution in [3.05, 3.63) is 60.6 Å². The van der Waals surface area contributed by atoms with Crippen molar-refractivity contribution < 1.29 is 9.59 Å². The molecule has 0 atom stereocenters. The lowest BCUT2D eigenvalue weighted by atomic mass is 10.1. The maximum Gasteiger partial charge on any atom is 0.321 e. The maximum atomic E-state index is 12.3. The normalized spacial score (nSPS) is 11.0. The van der Waals surface area contributed by atoms with Crippen LogP contribution in [0.5, 0.6) is 0 Å². The SMILES string of the molecule is CNC(=O)c1cccc2[nH]c(-c3[nH]nc4ncc(-c5cncc(NC(=O)N(C)C)c5)cc34)cc12. The Balaban J connectivity index is 1.56. The Labute approximate surface area is 194 Å². The van der Waals surface area contributed by atoms with Gasteiger partial charge in [0.1, 0.15) is 0 Å². The zero-order valence-electron chi connectivity index (χ0n) is 18.8. The van der Waals surface area contributed by atoms with Gasteiger partial charge in [0.2, 0.25) is 0 Å². The van der Waals surface area contributed by atoms with Gasteiger partial charge in [-0.25, -0.2) is 9.78 Å². The van der Waals surface area contributed by atoms with Crippen LogP contribution in [0.4, 0.5) is 10.5 Å². The lowest BCUT2D eigenvalue weighted by Gasteiger charge is -2.12. The number of carbonyl (C=O) groups is 2. The number of nitrogens with one attached hydrogen (secondary N) is 4. The molecule has 5 aromatic rings. The number of carbonyl (C=O) groups excluding carboxylic acids is 2. The molecule has 4 aromatic heterocycles. The fourth-order valence-corrected chi connectivity index (χ4v) is 3.79. The number of pyridine rings is 2. The van der Waals surface area contributed by atoms with Gasteiger partial charge in [-0.15, -0.1) is 0 Å². The number of amides is 3. The van der Waals surface area contributed by atoms with Crippen molar-refractivity contribution in [3.63, 3.8) is 0 Å². The van der Waals surface area contributed by atoms with E-state index in [0.717, 1.165) is 38.8 Å². The molecule has 0 aliphatic carbocycles. The van der Waals surface area contributed by atoms with Gasteiger partial charge < -0.3 is 20.5 Å². The molecular weight excluding hydrogens is 432 g/mol. The quantitative estimate of drug-likeness (QED) is 0.329. The summed E-state index contributed by atoms with van der Waals surface area (Å²) in [5.41, 5.74) is 5.76. The van der Waals surface area contributed by atoms with Crippen LogP contribution in [0.15, 0.2) is 55.0 Å². The van der Waals surface area contributed by atoms with Gasteiger partial charge in [-0.05, 0) is 30.3 Å². The third kappa shape index (κ3) is 3.71. The van der Waals surface area contributed by atoms with E-state index in [4.69, 9.17) is 0 Å². The average Bonchev–Trinajstić information content (AvgIpc) is 3.47. The number of nitrogens with zero attached hydrogens (tertiary/aromatic N) is 4. The monoisotopic (exact) mass is 454 g/mol. The van der Waals surface area contributed by atoms with Crippen LogP contribution in [0, 0.1) is 0 Å². The summed E-state index contributed by atoms with van der Waals surface area (Å²) in [6, 6.07) is 11.1. The van der Waals surface area contributed by atoms with E-state index in [1.807, 2.05) is 30.3 Å². The Bertz CT molecular complexity index is 1550. The third-order valence-corrected chi connectivity index (χ3v) is 5.54. The Morgan fingerprint density at radius 3 is 2.62 bits per heavy atom. The predicted octanol–water partition coefficient (Wildman–Crippen LogP) is 3.62. The van der Waals surface area contributed by atoms with Crippen LogP contribution in [0.1, 0.15) is 10.4 Å². The van der Waals surface area contributed by atoms with Gasteiger partial charge in [-0.3, -0.25) is 14.9 Å². The van der Waals surface area contributed by atoms with E-state index in [-0.39, 0.29) is 11.9 Å². The number of H-pyrrole nitrogens is 2. The number of hydrogen-bond acceptors (Lipinski definition) is 5. The number of hydrogen-bond donors (Lipinski definition) is 4. The van der Waals surface area contributed by atoms with E-state index in [2.05, 4.69) is 35.8 Å². The van der Waals surface area contributed by atoms with E-state index in [9.17, 15) is 9.59 Å². The predicted molar refractivity (Wildman–Crippen MR) is 131 cm³/mol. The molecule has 10 nitrogen and oxygen atoms in total. The second-order valence-electron chi connectivity index (χ2n) is 8.01. The molecule has 3 amide bonds. The minimum absolute atomic E-state index is 0.150. The van der Waals surface area contributed by atoms with Crippen molar-refractivity contribution in [2.45, 2.75) is 0 Å². The van der Waals surface area contributed by atoms with Gasteiger partial charge in [-0.2, -0.15) is 5.10 Å². The zero-order chi connectivity index (χ0) is 23.8. The zero-order valence-corrected chi connectivity index (χ0v) is 18.8. The Morgan fingerprint density at radius 2 is 1.82 bits per heavy atom. The highest BCUT2D eigenvalue weighted by atomic mass is 16.2. The molecule has 0 fully saturated rings. The molecule has 0 unspecified atom stereocenters. The van der Waals surface area contributed by atoms with Crippen LogP contribution in [-0.4, -0.2) is 63.1 Å². The van der Waals surface area contributed by atoms with E-state index in [1.54, 1.807) is 45.8 Å². The fourth-order valence-electron chi connectivity index (χ4n) is 3.79. The highest BCUT2D eigenvalue weighted by Crippen LogP contribution is 2.32. The van der Waals surface area contributed by atoms with Crippen LogP contribution in [0.2, 0.25) is 0 Å². The lowest BCUT2D eigenvalue weighted by molar-refractivity contribution is 0.0964. The molecule has 34 heavy (non-hydrogen) atoms. The number of urea groups is 1. The molecular formula is C24H22N8O2. The molecule has 170 valence electrons. The van der Waals surface area contributed by atoms with Crippen molar-refractivity contribution in [1.29, 1.82) is 0 Å². The van der Waals surface area contributed by atoms with Crippen LogP contribution < -0.4 is 10.6 Å². The van der Waals surface area contributed by atoms with Crippen molar-refractivity contribution in [2.75, 3.05) is 26.5 Å². The van der Waals surface area contributed by atoms with E-state index in [0.29, 0.717) is 16.9 Å². The second-order valence-corrected chi connectivity index (χ2v) is 8.01. The van der Waals surface area contributed by atoms with E-state index >= 15 is 0 Å². The first-order valence-corrected chi connectivity index (χ1v) is 10.6. The lowest BCUT2D eigenvalue weighted by Crippen LogP contribution is -2.27. The number of anilines is 1. The van der Waals surface area contributed by atoms with Gasteiger partial charge in [0.25, 0.3) is 5.91 Å². The molecule has 0 saturated carbocycles. The molecule has 0 aliphatic heterocycles. The first-order chi connectivity index (χ1) is 16.4. The molecule has 5 rings (SSSR count). The van der Waals surface area contributed by atoms with Crippen molar-refractivity contribution in [2.24, 2.45) is 0 Å². The number of aromatic amines is 2. The van der Waals surface area contributed by atoms with Gasteiger partial charge in [0.05, 0.1) is 23.3 Å². The number of aromatic nitrogens is 5. The minimum Gasteiger partial charge on any atom is -0.355 e. The summed E-state index contributed by atoms with van der Waals surface area (Å²) in [4.78, 5) is 37.8. The van der Waals surface area contributed by atoms with E-state index < -0.39 is 0 Å². The molecule has 0 aliphatic rings. The maximum absolute atomic E-state index is 12.3. The van der Waals surface area contributed by atoms with Gasteiger partial charge in [-0.1, -0.05) is 6.07 Å². The Morgan fingerprint density at radius 1 is 1.00 bits per heavy atom. The molecule has 0 saturated heterocycles. The van der Waals surface area contributed by atoms with Gasteiger partial charge in [0.15, 0.2) is 5.65 Å². The summed E-state index contributed by atoms with van der Waals surface area (Å²) < 4.78 is 0. The smallest absolute Gasteiger partial charge is 0.321 e. The molecule has 0 radical (unpaired) electrons. The standard InChI is InChI=1S/C24H22N8O2/c1-25-23(33)16-5-4-6-19-17(16)9-20(29-19)21-18-8-14(11-27-22(18)31-30-21)13-7-15(12-26-10-13)28-24(34)32(2)3/h4-12,29H,1-3H3,(H,25,33)(H,28,34)(H,27,30,31). The van der Waals surface area contributed by atoms with Gasteiger partial charge in [0, 0.05) is 66.5 Å². The highest BCUT2D eigenvalue weighted by Gasteiger charge is 2.16. The molecule has 4 heterocycles. The number of rotatable bonds is 4. The summed E-state index contributed by atoms with van der Waals surface area (Å²) in [5.74, 6) is -0.150. The molecule has 4 N–H and O–H groups in total. The molecule has 0 bridgehead atoms. The first kappa shape index (κ1) is 21.1. The first-order valence-electron chi connectivity index (χ1n) is 10.6. The molecule has 0 spiro atoms. The van der Waals surface area contributed by atoms with Gasteiger partial charge >= 0.3 is 6.03 Å². The summed E-state index contributed by atoms with van der Waals surface area (Å²) in [6.07, 6.45) is 5.03. The highest BCUT2D eigenvalue weighted by molar-refractivity contribution is 6.08. The van der Waals surface area contributed by atoms with Crippen LogP contribution >= 0.6 is 0 Å². The van der Waals surface area contributed by atoms with Crippen molar-refractivity contribution >= 4 is 39.6 Å². The second kappa shape index (κ2) is 8.32. The minimum atomic E-state index is -0.236. The number of benzene rings is 1. The Kier molecular flexibility index (Phi) is 5.17. The third-order valence-electron chi connectivity index (χ3n) is 5.54. The van der Waals surface area contributed by atoms with Crippen LogP contribution in [0.3, 0.4) is 0 Å². The molecule has 10 heteroatoms.